The normalized spacial score (nSPS) is 10.7. The molecule has 0 heterocycles. The SMILES string of the molecule is CC(C)c1cccc(NCc2ccccc2F)c1. The average Bonchev–Trinajstić information content (AvgIpc) is 2.38. The fourth-order valence-corrected chi connectivity index (χ4v) is 1.85. The molecule has 0 bridgehead atoms. The van der Waals surface area contributed by atoms with Gasteiger partial charge in [-0.3, -0.25) is 0 Å². The minimum Gasteiger partial charge on any atom is -0.381 e. The molecule has 0 aromatic heterocycles. The number of rotatable bonds is 4. The molecule has 0 spiro atoms. The first-order chi connectivity index (χ1) is 8.66. The van der Waals surface area contributed by atoms with Crippen molar-refractivity contribution in [2.45, 2.75) is 26.3 Å². The number of hydrogen-bond donors (Lipinski definition) is 1. The summed E-state index contributed by atoms with van der Waals surface area (Å²) in [4.78, 5) is 0. The maximum Gasteiger partial charge on any atom is 0.128 e. The van der Waals surface area contributed by atoms with Gasteiger partial charge in [-0.2, -0.15) is 0 Å². The molecule has 2 rings (SSSR count). The second-order valence-corrected chi connectivity index (χ2v) is 4.73. The summed E-state index contributed by atoms with van der Waals surface area (Å²) in [6.07, 6.45) is 0. The van der Waals surface area contributed by atoms with Crippen molar-refractivity contribution in [2.24, 2.45) is 0 Å². The molecule has 0 saturated heterocycles. The Labute approximate surface area is 108 Å². The van der Waals surface area contributed by atoms with Crippen LogP contribution in [0.1, 0.15) is 30.9 Å². The van der Waals surface area contributed by atoms with Crippen molar-refractivity contribution in [3.8, 4) is 0 Å². The Morgan fingerprint density at radius 2 is 1.83 bits per heavy atom. The van der Waals surface area contributed by atoms with Crippen molar-refractivity contribution in [3.05, 3.63) is 65.5 Å². The van der Waals surface area contributed by atoms with Crippen LogP contribution in [-0.4, -0.2) is 0 Å². The molecular weight excluding hydrogens is 225 g/mol. The Bertz CT molecular complexity index is 520. The summed E-state index contributed by atoms with van der Waals surface area (Å²) in [5.41, 5.74) is 3.01. The smallest absolute Gasteiger partial charge is 0.128 e. The standard InChI is InChI=1S/C16H18FN/c1-12(2)13-7-5-8-15(10-13)18-11-14-6-3-4-9-16(14)17/h3-10,12,18H,11H2,1-2H3. The number of hydrogen-bond acceptors (Lipinski definition) is 1. The van der Waals surface area contributed by atoms with E-state index < -0.39 is 0 Å². The zero-order chi connectivity index (χ0) is 13.0. The largest absolute Gasteiger partial charge is 0.381 e. The summed E-state index contributed by atoms with van der Waals surface area (Å²) in [5.74, 6) is 0.338. The second kappa shape index (κ2) is 5.67. The van der Waals surface area contributed by atoms with Gasteiger partial charge in [0.2, 0.25) is 0 Å². The van der Waals surface area contributed by atoms with Gasteiger partial charge in [-0.05, 0) is 29.7 Å². The lowest BCUT2D eigenvalue weighted by molar-refractivity contribution is 0.613. The van der Waals surface area contributed by atoms with Crippen LogP contribution in [-0.2, 0) is 6.54 Å². The molecule has 0 aliphatic carbocycles. The molecule has 0 aliphatic heterocycles. The van der Waals surface area contributed by atoms with Crippen molar-refractivity contribution in [3.63, 3.8) is 0 Å². The first-order valence-electron chi connectivity index (χ1n) is 6.24. The highest BCUT2D eigenvalue weighted by Crippen LogP contribution is 2.19. The number of halogens is 1. The molecule has 0 unspecified atom stereocenters. The molecule has 18 heavy (non-hydrogen) atoms. The average molecular weight is 243 g/mol. The molecule has 2 aromatic rings. The molecule has 0 fully saturated rings. The lowest BCUT2D eigenvalue weighted by Crippen LogP contribution is -2.02. The van der Waals surface area contributed by atoms with E-state index in [1.807, 2.05) is 18.2 Å². The van der Waals surface area contributed by atoms with E-state index in [0.717, 1.165) is 5.69 Å². The minimum absolute atomic E-state index is 0.162. The summed E-state index contributed by atoms with van der Waals surface area (Å²) < 4.78 is 13.5. The minimum atomic E-state index is -0.162. The second-order valence-electron chi connectivity index (χ2n) is 4.73. The summed E-state index contributed by atoms with van der Waals surface area (Å²) in [6, 6.07) is 15.1. The molecule has 0 aliphatic rings. The third-order valence-corrected chi connectivity index (χ3v) is 2.99. The van der Waals surface area contributed by atoms with Gasteiger partial charge in [0.15, 0.2) is 0 Å². The van der Waals surface area contributed by atoms with Gasteiger partial charge in [0.25, 0.3) is 0 Å². The highest BCUT2D eigenvalue weighted by Gasteiger charge is 2.02. The van der Waals surface area contributed by atoms with Crippen molar-refractivity contribution < 1.29 is 4.39 Å². The molecule has 1 nitrogen and oxygen atoms in total. The highest BCUT2D eigenvalue weighted by atomic mass is 19.1. The van der Waals surface area contributed by atoms with Gasteiger partial charge < -0.3 is 5.32 Å². The van der Waals surface area contributed by atoms with E-state index in [9.17, 15) is 4.39 Å². The summed E-state index contributed by atoms with van der Waals surface area (Å²) in [5, 5.41) is 3.26. The van der Waals surface area contributed by atoms with Crippen molar-refractivity contribution in [1.29, 1.82) is 0 Å². The van der Waals surface area contributed by atoms with Crippen LogP contribution < -0.4 is 5.32 Å². The van der Waals surface area contributed by atoms with Crippen molar-refractivity contribution in [2.75, 3.05) is 5.32 Å². The van der Waals surface area contributed by atoms with Crippen molar-refractivity contribution >= 4 is 5.69 Å². The molecule has 0 saturated carbocycles. The van der Waals surface area contributed by atoms with E-state index in [0.29, 0.717) is 18.0 Å². The first kappa shape index (κ1) is 12.6. The molecule has 0 amide bonds. The molecule has 2 aromatic carbocycles. The van der Waals surface area contributed by atoms with Gasteiger partial charge in [-0.25, -0.2) is 4.39 Å². The maximum atomic E-state index is 13.5. The van der Waals surface area contributed by atoms with Crippen LogP contribution in [0.25, 0.3) is 0 Å². The predicted octanol–water partition coefficient (Wildman–Crippen LogP) is 4.56. The lowest BCUT2D eigenvalue weighted by atomic mass is 10.0. The van der Waals surface area contributed by atoms with Crippen LogP contribution in [0.2, 0.25) is 0 Å². The monoisotopic (exact) mass is 243 g/mol. The fraction of sp³-hybridized carbons (Fsp3) is 0.250. The Hall–Kier alpha value is -1.83. The van der Waals surface area contributed by atoms with Crippen LogP contribution in [0.5, 0.6) is 0 Å². The summed E-state index contributed by atoms with van der Waals surface area (Å²) >= 11 is 0. The zero-order valence-corrected chi connectivity index (χ0v) is 10.8. The summed E-state index contributed by atoms with van der Waals surface area (Å²) in [6.45, 7) is 4.83. The quantitative estimate of drug-likeness (QED) is 0.830. The zero-order valence-electron chi connectivity index (χ0n) is 10.8. The van der Waals surface area contributed by atoms with E-state index in [-0.39, 0.29) is 5.82 Å². The number of benzene rings is 2. The molecular formula is C16H18FN. The van der Waals surface area contributed by atoms with E-state index in [4.69, 9.17) is 0 Å². The number of nitrogens with one attached hydrogen (secondary N) is 1. The van der Waals surface area contributed by atoms with Crippen LogP contribution in [0.4, 0.5) is 10.1 Å². The predicted molar refractivity (Wildman–Crippen MR) is 74.3 cm³/mol. The van der Waals surface area contributed by atoms with Gasteiger partial charge >= 0.3 is 0 Å². The van der Waals surface area contributed by atoms with Gasteiger partial charge in [0.1, 0.15) is 5.82 Å². The van der Waals surface area contributed by atoms with E-state index in [1.54, 1.807) is 12.1 Å². The van der Waals surface area contributed by atoms with Gasteiger partial charge in [0.05, 0.1) is 0 Å². The Morgan fingerprint density at radius 3 is 2.56 bits per heavy atom. The van der Waals surface area contributed by atoms with Crippen LogP contribution in [0.3, 0.4) is 0 Å². The van der Waals surface area contributed by atoms with Gasteiger partial charge in [-0.1, -0.05) is 44.2 Å². The van der Waals surface area contributed by atoms with E-state index in [2.05, 4.69) is 31.3 Å². The molecule has 1 N–H and O–H groups in total. The van der Waals surface area contributed by atoms with E-state index >= 15 is 0 Å². The number of anilines is 1. The van der Waals surface area contributed by atoms with Crippen LogP contribution in [0, 0.1) is 5.82 Å². The Kier molecular flexibility index (Phi) is 3.98. The molecule has 0 atom stereocenters. The van der Waals surface area contributed by atoms with Crippen molar-refractivity contribution in [1.82, 2.24) is 0 Å². The molecule has 0 radical (unpaired) electrons. The van der Waals surface area contributed by atoms with Gasteiger partial charge in [0, 0.05) is 17.8 Å². The fourth-order valence-electron chi connectivity index (χ4n) is 1.85. The molecule has 94 valence electrons. The third-order valence-electron chi connectivity index (χ3n) is 2.99. The van der Waals surface area contributed by atoms with E-state index in [1.165, 1.54) is 11.6 Å². The Morgan fingerprint density at radius 1 is 1.06 bits per heavy atom. The topological polar surface area (TPSA) is 12.0 Å². The third kappa shape index (κ3) is 3.10. The summed E-state index contributed by atoms with van der Waals surface area (Å²) in [7, 11) is 0. The Balaban J connectivity index is 2.07. The highest BCUT2D eigenvalue weighted by molar-refractivity contribution is 5.47. The van der Waals surface area contributed by atoms with Crippen LogP contribution >= 0.6 is 0 Å². The van der Waals surface area contributed by atoms with Gasteiger partial charge in [-0.15, -0.1) is 0 Å². The lowest BCUT2D eigenvalue weighted by Gasteiger charge is -2.10. The maximum absolute atomic E-state index is 13.5. The first-order valence-corrected chi connectivity index (χ1v) is 6.24. The molecule has 2 heteroatoms. The van der Waals surface area contributed by atoms with Crippen LogP contribution in [0.15, 0.2) is 48.5 Å².